The van der Waals surface area contributed by atoms with Gasteiger partial charge in [-0.3, -0.25) is 4.72 Å². The van der Waals surface area contributed by atoms with Crippen LogP contribution >= 0.6 is 0 Å². The molecule has 0 radical (unpaired) electrons. The smallest absolute Gasteiger partial charge is 0.407 e. The average molecular weight is 613 g/mol. The molecule has 0 saturated heterocycles. The van der Waals surface area contributed by atoms with Crippen molar-refractivity contribution in [2.45, 2.75) is 71.8 Å². The summed E-state index contributed by atoms with van der Waals surface area (Å²) in [4.78, 5) is 12.7. The predicted molar refractivity (Wildman–Crippen MR) is 169 cm³/mol. The number of amides is 1. The van der Waals surface area contributed by atoms with E-state index in [9.17, 15) is 18.3 Å². The van der Waals surface area contributed by atoms with Crippen molar-refractivity contribution in [3.63, 3.8) is 0 Å². The number of ether oxygens (including phenoxy) is 3. The van der Waals surface area contributed by atoms with Crippen LogP contribution in [0.1, 0.15) is 51.3 Å². The molecule has 234 valence electrons. The van der Waals surface area contributed by atoms with Gasteiger partial charge < -0.3 is 24.6 Å². The van der Waals surface area contributed by atoms with Gasteiger partial charge >= 0.3 is 6.09 Å². The molecule has 2 atom stereocenters. The first-order valence-corrected chi connectivity index (χ1v) is 16.0. The van der Waals surface area contributed by atoms with Crippen LogP contribution in [0.4, 0.5) is 10.5 Å². The van der Waals surface area contributed by atoms with Crippen LogP contribution < -0.4 is 19.5 Å². The van der Waals surface area contributed by atoms with Gasteiger partial charge in [0.25, 0.3) is 0 Å². The van der Waals surface area contributed by atoms with Crippen LogP contribution in [0.15, 0.2) is 72.8 Å². The number of aliphatic hydroxyl groups excluding tert-OH is 1. The number of methoxy groups -OCH3 is 1. The topological polar surface area (TPSA) is 123 Å². The molecule has 9 nitrogen and oxygen atoms in total. The largest absolute Gasteiger partial charge is 0.497 e. The molecule has 0 saturated carbocycles. The zero-order valence-electron chi connectivity index (χ0n) is 25.8. The first-order valence-electron chi connectivity index (χ1n) is 14.3. The minimum absolute atomic E-state index is 0.0916. The maximum Gasteiger partial charge on any atom is 0.407 e. The number of anilines is 1. The van der Waals surface area contributed by atoms with Crippen LogP contribution in [0.25, 0.3) is 0 Å². The minimum atomic E-state index is -4.03. The maximum atomic E-state index is 13.2. The fraction of sp³-hybridized carbons (Fsp3) is 0.424. The Labute approximate surface area is 255 Å². The molecule has 0 aliphatic carbocycles. The molecule has 0 fully saturated rings. The van der Waals surface area contributed by atoms with E-state index < -0.39 is 39.6 Å². The minimum Gasteiger partial charge on any atom is -0.497 e. The number of alkyl carbamates (subject to hydrolysis) is 1. The lowest BCUT2D eigenvalue weighted by Gasteiger charge is -2.27. The van der Waals surface area contributed by atoms with Crippen LogP contribution in [-0.2, 0) is 34.2 Å². The van der Waals surface area contributed by atoms with E-state index in [0.29, 0.717) is 30.2 Å². The Kier molecular flexibility index (Phi) is 11.9. The molecule has 3 aromatic carbocycles. The molecule has 0 heterocycles. The standard InChI is InChI=1S/C33H44N2O7S/c1-23(2)18-26-20-28(40-6)16-17-29(26)35-43(38,39)22-30(36)31(42-32(37)34-33(3,4)5)19-24-12-14-27(15-13-24)41-21-25-10-8-7-9-11-25/h7-17,20,23,30-31,35-36H,18-19,21-22H2,1-6H3,(H,34,37)/t30-,31-/m0/s1. The summed E-state index contributed by atoms with van der Waals surface area (Å²) in [6.07, 6.45) is -2.68. The summed E-state index contributed by atoms with van der Waals surface area (Å²) >= 11 is 0. The van der Waals surface area contributed by atoms with Gasteiger partial charge in [0.15, 0.2) is 0 Å². The average Bonchev–Trinajstić information content (AvgIpc) is 2.92. The number of sulfonamides is 1. The molecule has 3 rings (SSSR count). The highest BCUT2D eigenvalue weighted by atomic mass is 32.2. The van der Waals surface area contributed by atoms with Crippen molar-refractivity contribution in [2.24, 2.45) is 5.92 Å². The maximum absolute atomic E-state index is 13.2. The summed E-state index contributed by atoms with van der Waals surface area (Å²) in [5.74, 6) is 0.870. The van der Waals surface area contributed by atoms with Gasteiger partial charge in [0, 0.05) is 12.0 Å². The molecule has 10 heteroatoms. The van der Waals surface area contributed by atoms with E-state index >= 15 is 0 Å². The van der Waals surface area contributed by atoms with Gasteiger partial charge in [-0.1, -0.05) is 56.3 Å². The molecule has 0 unspecified atom stereocenters. The normalized spacial score (nSPS) is 13.2. The fourth-order valence-electron chi connectivity index (χ4n) is 4.37. The summed E-state index contributed by atoms with van der Waals surface area (Å²) in [6.45, 7) is 9.88. The second-order valence-corrected chi connectivity index (χ2v) is 13.8. The highest BCUT2D eigenvalue weighted by Crippen LogP contribution is 2.26. The molecule has 3 N–H and O–H groups in total. The molecular weight excluding hydrogens is 568 g/mol. The van der Waals surface area contributed by atoms with Gasteiger partial charge in [-0.15, -0.1) is 0 Å². The number of aliphatic hydroxyl groups is 1. The zero-order chi connectivity index (χ0) is 31.6. The van der Waals surface area contributed by atoms with E-state index in [2.05, 4.69) is 10.0 Å². The zero-order valence-corrected chi connectivity index (χ0v) is 26.6. The molecule has 0 aromatic heterocycles. The summed E-state index contributed by atoms with van der Waals surface area (Å²) in [5, 5.41) is 13.8. The Morgan fingerprint density at radius 3 is 2.16 bits per heavy atom. The molecular formula is C33H44N2O7S. The summed E-state index contributed by atoms with van der Waals surface area (Å²) < 4.78 is 45.8. The third-order valence-corrected chi connectivity index (χ3v) is 7.68. The van der Waals surface area contributed by atoms with E-state index in [1.54, 1.807) is 70.3 Å². The Balaban J connectivity index is 1.74. The monoisotopic (exact) mass is 612 g/mol. The highest BCUT2D eigenvalue weighted by molar-refractivity contribution is 7.92. The Bertz CT molecular complexity index is 1420. The molecule has 1 amide bonds. The van der Waals surface area contributed by atoms with Gasteiger partial charge in [-0.2, -0.15) is 0 Å². The number of nitrogens with one attached hydrogen (secondary N) is 2. The van der Waals surface area contributed by atoms with Crippen LogP contribution in [0.2, 0.25) is 0 Å². The van der Waals surface area contributed by atoms with Gasteiger partial charge in [-0.05, 0) is 80.1 Å². The molecule has 0 spiro atoms. The lowest BCUT2D eigenvalue weighted by molar-refractivity contribution is 0.0114. The fourth-order valence-corrected chi connectivity index (χ4v) is 5.65. The SMILES string of the molecule is COc1ccc(NS(=O)(=O)C[C@H](O)[C@H](Cc2ccc(OCc3ccccc3)cc2)OC(=O)NC(C)(C)C)c(CC(C)C)c1. The van der Waals surface area contributed by atoms with E-state index in [0.717, 1.165) is 16.7 Å². The third-order valence-electron chi connectivity index (χ3n) is 6.37. The molecule has 0 aliphatic rings. The van der Waals surface area contributed by atoms with Gasteiger partial charge in [0.05, 0.1) is 18.6 Å². The number of hydrogen-bond acceptors (Lipinski definition) is 7. The van der Waals surface area contributed by atoms with E-state index in [1.165, 1.54) is 0 Å². The van der Waals surface area contributed by atoms with E-state index in [4.69, 9.17) is 14.2 Å². The van der Waals surface area contributed by atoms with Gasteiger partial charge in [0.1, 0.15) is 30.3 Å². The molecule has 0 aliphatic heterocycles. The van der Waals surface area contributed by atoms with E-state index in [-0.39, 0.29) is 12.3 Å². The molecule has 3 aromatic rings. The number of hydrogen-bond donors (Lipinski definition) is 3. The van der Waals surface area contributed by atoms with Crippen LogP contribution in [0, 0.1) is 5.92 Å². The summed E-state index contributed by atoms with van der Waals surface area (Å²) in [6, 6.07) is 22.1. The lowest BCUT2D eigenvalue weighted by Crippen LogP contribution is -2.46. The summed E-state index contributed by atoms with van der Waals surface area (Å²) in [5.41, 5.74) is 2.38. The van der Waals surface area contributed by atoms with Crippen molar-refractivity contribution in [1.29, 1.82) is 0 Å². The van der Waals surface area contributed by atoms with E-state index in [1.807, 2.05) is 44.2 Å². The van der Waals surface area contributed by atoms with Crippen LogP contribution in [0.5, 0.6) is 11.5 Å². The highest BCUT2D eigenvalue weighted by Gasteiger charge is 2.30. The number of rotatable bonds is 14. The van der Waals surface area contributed by atoms with Gasteiger partial charge in [-0.25, -0.2) is 13.2 Å². The van der Waals surface area contributed by atoms with Crippen molar-refractivity contribution >= 4 is 21.8 Å². The van der Waals surface area contributed by atoms with Crippen molar-refractivity contribution in [3.05, 3.63) is 89.5 Å². The first-order chi connectivity index (χ1) is 20.2. The van der Waals surface area contributed by atoms with Crippen LogP contribution in [0.3, 0.4) is 0 Å². The third kappa shape index (κ3) is 11.8. The first kappa shape index (κ1) is 33.7. The number of carbonyl (C=O) groups excluding carboxylic acids is 1. The van der Waals surface area contributed by atoms with Gasteiger partial charge in [0.2, 0.25) is 10.0 Å². The molecule has 43 heavy (non-hydrogen) atoms. The number of benzene rings is 3. The quantitative estimate of drug-likeness (QED) is 0.213. The Morgan fingerprint density at radius 1 is 0.907 bits per heavy atom. The van der Waals surface area contributed by atoms with Crippen molar-refractivity contribution in [3.8, 4) is 11.5 Å². The second-order valence-electron chi connectivity index (χ2n) is 12.0. The summed E-state index contributed by atoms with van der Waals surface area (Å²) in [7, 11) is -2.48. The van der Waals surface area contributed by atoms with Crippen LogP contribution in [-0.4, -0.2) is 50.2 Å². The predicted octanol–water partition coefficient (Wildman–Crippen LogP) is 5.71. The van der Waals surface area contributed by atoms with Crippen molar-refractivity contribution in [2.75, 3.05) is 17.6 Å². The lowest BCUT2D eigenvalue weighted by atomic mass is 10.0. The van der Waals surface area contributed by atoms with Crippen molar-refractivity contribution in [1.82, 2.24) is 5.32 Å². The second kappa shape index (κ2) is 15.1. The Morgan fingerprint density at radius 2 is 1.56 bits per heavy atom. The molecule has 0 bridgehead atoms. The van der Waals surface area contributed by atoms with Crippen molar-refractivity contribution < 1.29 is 32.5 Å². The number of carbonyl (C=O) groups is 1. The Hall–Kier alpha value is -3.76.